The van der Waals surface area contributed by atoms with E-state index in [4.69, 9.17) is 9.47 Å². The summed E-state index contributed by atoms with van der Waals surface area (Å²) in [7, 11) is 0. The highest BCUT2D eigenvalue weighted by molar-refractivity contribution is 7.33. The second-order valence-electron chi connectivity index (χ2n) is 22.4. The molecule has 0 aliphatic carbocycles. The third kappa shape index (κ3) is 8.72. The first-order valence-electron chi connectivity index (χ1n) is 29.0. The predicted octanol–water partition coefficient (Wildman–Crippen LogP) is 16.4. The Morgan fingerprint density at radius 2 is 0.927 bits per heavy atom. The Hall–Kier alpha value is -11.0. The molecule has 462 valence electrons. The molecule has 0 aliphatic rings. The van der Waals surface area contributed by atoms with Gasteiger partial charge in [0.1, 0.15) is 52.3 Å². The minimum atomic E-state index is -1.29. The Morgan fingerprint density at radius 1 is 0.438 bits per heavy atom. The summed E-state index contributed by atoms with van der Waals surface area (Å²) in [6.45, 7) is -0.0138. The van der Waals surface area contributed by atoms with E-state index in [0.717, 1.165) is 70.5 Å². The lowest BCUT2D eigenvalue weighted by Crippen LogP contribution is -2.31. The highest BCUT2D eigenvalue weighted by Gasteiger charge is 2.30. The molecular weight excluding hydrogens is 1350 g/mol. The van der Waals surface area contributed by atoms with E-state index >= 15 is 8.78 Å². The van der Waals surface area contributed by atoms with E-state index in [1.807, 2.05) is 91.0 Å². The Labute approximate surface area is 555 Å². The van der Waals surface area contributed by atoms with Gasteiger partial charge in [-0.15, -0.1) is 45.3 Å². The number of thiophene rings is 4. The number of halogens is 4. The van der Waals surface area contributed by atoms with Gasteiger partial charge in [-0.3, -0.25) is 19.2 Å². The quantitative estimate of drug-likeness (QED) is 0.0977. The molecule has 96 heavy (non-hydrogen) atoms. The zero-order chi connectivity index (χ0) is 65.1. The van der Waals surface area contributed by atoms with E-state index in [1.165, 1.54) is 50.7 Å². The van der Waals surface area contributed by atoms with Crippen LogP contribution in [0.1, 0.15) is 11.1 Å². The maximum atomic E-state index is 17.3. The van der Waals surface area contributed by atoms with Crippen molar-refractivity contribution in [3.63, 3.8) is 0 Å². The molecule has 18 aromatic rings. The van der Waals surface area contributed by atoms with Gasteiger partial charge in [0.05, 0.1) is 86.6 Å². The average molecular weight is 1380 g/mol. The highest BCUT2D eigenvalue weighted by atomic mass is 32.1. The first-order chi connectivity index (χ1) is 46.7. The van der Waals surface area contributed by atoms with Crippen molar-refractivity contribution in [2.24, 2.45) is 9.98 Å². The van der Waals surface area contributed by atoms with Crippen LogP contribution in [0.4, 0.5) is 38.5 Å². The van der Waals surface area contributed by atoms with E-state index in [9.17, 15) is 37.5 Å². The Bertz CT molecular complexity index is 6770. The minimum absolute atomic E-state index is 0.0311. The Morgan fingerprint density at radius 3 is 1.49 bits per heavy atom. The maximum absolute atomic E-state index is 17.3. The summed E-state index contributed by atoms with van der Waals surface area (Å²) in [5, 5.41) is -1.19. The molecule has 26 heteroatoms. The van der Waals surface area contributed by atoms with Crippen LogP contribution in [0.3, 0.4) is 0 Å². The summed E-state index contributed by atoms with van der Waals surface area (Å²) in [5.74, 6) is -4.93. The number of ether oxygens (including phenoxy) is 2. The van der Waals surface area contributed by atoms with E-state index in [1.54, 1.807) is 52.3 Å². The van der Waals surface area contributed by atoms with Crippen LogP contribution in [0.5, 0.6) is 0 Å². The third-order valence-corrected chi connectivity index (χ3v) is 23.0. The molecule has 0 fully saturated rings. The number of rotatable bonds is 9. The number of carbonyl (C=O) groups is 2. The van der Waals surface area contributed by atoms with Gasteiger partial charge in [0.15, 0.2) is 17.0 Å². The van der Waals surface area contributed by atoms with Crippen molar-refractivity contribution < 1.29 is 36.6 Å². The standard InChI is InChI=1S/C70H30F4N8O8S6/c71-39-22-36-37(23-40(39)72)62(84)58(61(36)83)76-43-20-18-33(54-57(43)80-96-78-54)49-26-45-66(93-49)68-60(82(45)70(88)90-28-30-11-5-2-6-12-30)35-16-15-31(21-47(35)94-68)50-41(73)24-38-51(52(50)74)63(85)64(86)55(38)75-42-19-17-32(53-56(42)79-95-77-53)48-25-44-65(92-48)67-59(34-13-7-8-14-46(34)91-67)81(44)69(87)89-27-29-9-3-1-4-10-29/h1-26H,27-28H2/b75-55-. The van der Waals surface area contributed by atoms with Gasteiger partial charge < -0.3 is 9.47 Å². The molecule has 0 amide bonds. The van der Waals surface area contributed by atoms with Gasteiger partial charge in [0.2, 0.25) is 16.3 Å². The van der Waals surface area contributed by atoms with E-state index < -0.39 is 78.8 Å². The lowest BCUT2D eigenvalue weighted by Gasteiger charge is -2.09. The van der Waals surface area contributed by atoms with Gasteiger partial charge >= 0.3 is 12.2 Å². The van der Waals surface area contributed by atoms with Crippen LogP contribution in [0.15, 0.2) is 187 Å². The first-order valence-corrected chi connectivity index (χ1v) is 33.7. The van der Waals surface area contributed by atoms with Crippen LogP contribution in [0.2, 0.25) is 0 Å². The molecule has 18 rings (SSSR count). The molecular formula is C70H30F4N8O8S6. The van der Waals surface area contributed by atoms with Gasteiger partial charge in [-0.25, -0.2) is 46.3 Å². The van der Waals surface area contributed by atoms with Crippen LogP contribution in [-0.4, -0.2) is 38.8 Å². The normalized spacial score (nSPS) is 12.4. The maximum Gasteiger partial charge on any atom is 0.419 e. The molecule has 0 bridgehead atoms. The second kappa shape index (κ2) is 21.8. The largest absolute Gasteiger partial charge is 0.444 e. The first kappa shape index (κ1) is 57.6. The van der Waals surface area contributed by atoms with Crippen molar-refractivity contribution in [1.82, 2.24) is 26.6 Å². The van der Waals surface area contributed by atoms with Crippen LogP contribution in [-0.2, 0) is 22.7 Å². The highest BCUT2D eigenvalue weighted by Crippen LogP contribution is 2.50. The fourth-order valence-electron chi connectivity index (χ4n) is 12.6. The van der Waals surface area contributed by atoms with Gasteiger partial charge in [-0.2, -0.15) is 17.5 Å². The zero-order valence-corrected chi connectivity index (χ0v) is 53.1. The molecule has 10 aromatic carbocycles. The molecule has 16 nitrogen and oxygen atoms in total. The fourth-order valence-corrected chi connectivity index (χ4v) is 18.7. The molecule has 0 aliphatic heterocycles. The van der Waals surface area contributed by atoms with E-state index in [-0.39, 0.29) is 57.3 Å². The van der Waals surface area contributed by atoms with Crippen LogP contribution in [0, 0.1) is 23.3 Å². The van der Waals surface area contributed by atoms with E-state index in [2.05, 4.69) is 27.5 Å². The van der Waals surface area contributed by atoms with Crippen molar-refractivity contribution in [3.8, 4) is 32.0 Å². The fraction of sp³-hybridized carbons (Fsp3) is 0.0286. The Balaban J connectivity index is 0.716. The molecule has 0 N–H and O–H groups in total. The van der Waals surface area contributed by atoms with Crippen molar-refractivity contribution in [2.45, 2.75) is 13.2 Å². The number of fused-ring (bicyclic) bond motifs is 14. The molecule has 0 atom stereocenters. The molecule has 8 aromatic heterocycles. The summed E-state index contributed by atoms with van der Waals surface area (Å²) in [5.41, 5.74) is 1.83. The second-order valence-corrected chi connectivity index (χ2v) is 27.6. The van der Waals surface area contributed by atoms with E-state index in [0.29, 0.717) is 75.2 Å². The lowest BCUT2D eigenvalue weighted by atomic mass is 10.0. The zero-order valence-electron chi connectivity index (χ0n) is 48.2. The van der Waals surface area contributed by atoms with Crippen molar-refractivity contribution in [3.05, 3.63) is 244 Å². The molecule has 0 spiro atoms. The monoisotopic (exact) mass is 1380 g/mol. The van der Waals surface area contributed by atoms with Gasteiger partial charge in [0, 0.05) is 57.2 Å². The molecule has 0 saturated heterocycles. The topological polar surface area (TPSA) is 207 Å². The third-order valence-electron chi connectivity index (χ3n) is 16.9. The number of aromatic nitrogens is 6. The smallest absolute Gasteiger partial charge is 0.419 e. The Kier molecular flexibility index (Phi) is 13.1. The molecule has 8 heterocycles. The number of benzene rings is 8. The number of hydrogen-bond donors (Lipinski definition) is 0. The molecule has 0 radical (unpaired) electrons. The summed E-state index contributed by atoms with van der Waals surface area (Å²) < 4.78 is 100. The SMILES string of the molecule is O=C(OCc1ccccc1)n1c2cc(-c3ccc(N=c4c(=O)c5cc(F)c(F)cc5c4=O)c4nsnc34)sc2c2sc3cc(-c4c(F)cc5/c(=N/c6ccc(-c7cc8c(s7)c7sc9ccccc9c7n8C(=O)OCc7ccccc7)c7nsnc67)c(=O)c(=O)c5c4F)ccc3c21. The number of nitrogens with zero attached hydrogens (tertiary/aromatic N) is 8. The van der Waals surface area contributed by atoms with Crippen LogP contribution >= 0.6 is 68.8 Å². The summed E-state index contributed by atoms with van der Waals surface area (Å²) in [6, 6.07) is 43.5. The van der Waals surface area contributed by atoms with Gasteiger partial charge in [-0.05, 0) is 83.4 Å². The van der Waals surface area contributed by atoms with Crippen LogP contribution < -0.4 is 32.4 Å². The summed E-state index contributed by atoms with van der Waals surface area (Å²) in [4.78, 5) is 93.7. The van der Waals surface area contributed by atoms with Crippen LogP contribution in [0.25, 0.3) is 137 Å². The van der Waals surface area contributed by atoms with Gasteiger partial charge in [0.25, 0.3) is 5.43 Å². The number of hydrogen-bond acceptors (Lipinski definition) is 20. The lowest BCUT2D eigenvalue weighted by molar-refractivity contribution is 0.142. The summed E-state index contributed by atoms with van der Waals surface area (Å²) in [6.07, 6.45) is -1.28. The number of carbonyl (C=O) groups excluding carboxylic acids is 2. The average Bonchev–Trinajstić information content (AvgIpc) is 1.56. The summed E-state index contributed by atoms with van der Waals surface area (Å²) >= 11 is 7.30. The van der Waals surface area contributed by atoms with Crippen molar-refractivity contribution in [2.75, 3.05) is 0 Å². The van der Waals surface area contributed by atoms with Gasteiger partial charge in [-0.1, -0.05) is 91.0 Å². The van der Waals surface area contributed by atoms with Crippen molar-refractivity contribution >= 4 is 197 Å². The minimum Gasteiger partial charge on any atom is -0.444 e. The molecule has 0 unspecified atom stereocenters. The predicted molar refractivity (Wildman–Crippen MR) is 369 cm³/mol. The molecule has 0 saturated carbocycles. The van der Waals surface area contributed by atoms with Crippen molar-refractivity contribution in [1.29, 1.82) is 0 Å².